The highest BCUT2D eigenvalue weighted by Crippen LogP contribution is 2.45. The number of hydrogen-bond acceptors (Lipinski definition) is 4. The summed E-state index contributed by atoms with van der Waals surface area (Å²) in [6, 6.07) is 7.06. The number of nitrogens with one attached hydrogen (secondary N) is 1. The highest BCUT2D eigenvalue weighted by molar-refractivity contribution is 7.85. The Morgan fingerprint density at radius 3 is 2.88 bits per heavy atom. The summed E-state index contributed by atoms with van der Waals surface area (Å²) in [6.07, 6.45) is 4.31. The van der Waals surface area contributed by atoms with Gasteiger partial charge in [0.1, 0.15) is 0 Å². The Bertz CT molecular complexity index is 919. The molecule has 2 aliphatic rings. The van der Waals surface area contributed by atoms with Gasteiger partial charge in [0.05, 0.1) is 12.9 Å². The molecule has 0 saturated carbocycles. The van der Waals surface area contributed by atoms with Gasteiger partial charge in [-0.25, -0.2) is 0 Å². The van der Waals surface area contributed by atoms with E-state index < -0.39 is 10.1 Å². The van der Waals surface area contributed by atoms with Crippen molar-refractivity contribution >= 4 is 21.0 Å². The number of hydrogen-bond donors (Lipinski definition) is 1. The monoisotopic (exact) mass is 376 g/mol. The first kappa shape index (κ1) is 18.0. The molecule has 1 saturated heterocycles. The summed E-state index contributed by atoms with van der Waals surface area (Å²) in [5, 5.41) is 1.40. The number of aromatic nitrogens is 1. The van der Waals surface area contributed by atoms with Crippen LogP contribution in [0.25, 0.3) is 10.9 Å². The molecule has 0 spiro atoms. The minimum Gasteiger partial charge on any atom is -0.358 e. The second-order valence-corrected chi connectivity index (χ2v) is 9.61. The van der Waals surface area contributed by atoms with Crippen LogP contribution in [0.5, 0.6) is 0 Å². The molecule has 2 aromatic rings. The number of piperidine rings is 1. The Hall–Kier alpha value is -1.37. The van der Waals surface area contributed by atoms with Crippen LogP contribution in [-0.2, 0) is 20.7 Å². The fraction of sp³-hybridized carbons (Fsp3) is 0.600. The van der Waals surface area contributed by atoms with E-state index in [1.54, 1.807) is 0 Å². The third kappa shape index (κ3) is 3.19. The maximum atomic E-state index is 11.4. The molecule has 1 aliphatic carbocycles. The van der Waals surface area contributed by atoms with Crippen LogP contribution in [0.4, 0.5) is 0 Å². The number of aryl methyl sites for hydroxylation is 1. The topological polar surface area (TPSA) is 62.4 Å². The molecular formula is C20H28N2O3S. The Morgan fingerprint density at radius 2 is 2.15 bits per heavy atom. The molecule has 1 aromatic heterocycles. The molecule has 1 N–H and O–H groups in total. The summed E-state index contributed by atoms with van der Waals surface area (Å²) in [5.74, 6) is 0.684. The van der Waals surface area contributed by atoms with E-state index in [-0.39, 0.29) is 12.5 Å². The van der Waals surface area contributed by atoms with Gasteiger partial charge in [-0.3, -0.25) is 9.08 Å². The average Bonchev–Trinajstić information content (AvgIpc) is 2.90. The zero-order valence-corrected chi connectivity index (χ0v) is 16.6. The lowest BCUT2D eigenvalue weighted by atomic mass is 9.72. The molecule has 1 aliphatic heterocycles. The Balaban J connectivity index is 1.70. The lowest BCUT2D eigenvalue weighted by Crippen LogP contribution is -2.51. The van der Waals surface area contributed by atoms with Crippen LogP contribution in [0.1, 0.15) is 42.5 Å². The maximum absolute atomic E-state index is 11.4. The van der Waals surface area contributed by atoms with Crippen molar-refractivity contribution in [1.82, 2.24) is 9.88 Å². The first-order valence-electron chi connectivity index (χ1n) is 9.56. The van der Waals surface area contributed by atoms with E-state index in [9.17, 15) is 8.42 Å². The Kier molecular flexibility index (Phi) is 4.61. The summed E-state index contributed by atoms with van der Waals surface area (Å²) >= 11 is 0. The largest absolute Gasteiger partial charge is 0.358 e. The van der Waals surface area contributed by atoms with Crippen molar-refractivity contribution in [3.05, 3.63) is 35.0 Å². The molecule has 0 bridgehead atoms. The number of likely N-dealkylation sites (tertiary alicyclic amines) is 1. The molecule has 0 radical (unpaired) electrons. The van der Waals surface area contributed by atoms with E-state index in [1.807, 2.05) is 0 Å². The predicted molar refractivity (Wildman–Crippen MR) is 104 cm³/mol. The van der Waals surface area contributed by atoms with Crippen molar-refractivity contribution in [3.63, 3.8) is 0 Å². The van der Waals surface area contributed by atoms with E-state index in [4.69, 9.17) is 4.18 Å². The SMILES string of the molecule is CCCN1C[C@H](COS(C)(=O)=O)C[C@@H]2c3cccc4[nH]c(C)c(c34)C[C@H]21. The molecule has 3 atom stereocenters. The number of fused-ring (bicyclic) bond motifs is 2. The molecular weight excluding hydrogens is 348 g/mol. The maximum Gasteiger partial charge on any atom is 0.264 e. The fourth-order valence-corrected chi connectivity index (χ4v) is 5.49. The van der Waals surface area contributed by atoms with Crippen molar-refractivity contribution in [2.45, 2.75) is 45.1 Å². The first-order chi connectivity index (χ1) is 12.4. The zero-order chi connectivity index (χ0) is 18.5. The van der Waals surface area contributed by atoms with Gasteiger partial charge >= 0.3 is 0 Å². The summed E-state index contributed by atoms with van der Waals surface area (Å²) < 4.78 is 28.0. The van der Waals surface area contributed by atoms with Crippen molar-refractivity contribution in [2.24, 2.45) is 5.92 Å². The number of H-pyrrole nitrogens is 1. The van der Waals surface area contributed by atoms with Gasteiger partial charge in [0.2, 0.25) is 0 Å². The summed E-state index contributed by atoms with van der Waals surface area (Å²) in [5.41, 5.74) is 5.39. The molecule has 6 heteroatoms. The summed E-state index contributed by atoms with van der Waals surface area (Å²) in [4.78, 5) is 6.12. The van der Waals surface area contributed by atoms with Crippen LogP contribution >= 0.6 is 0 Å². The highest BCUT2D eigenvalue weighted by atomic mass is 32.2. The van der Waals surface area contributed by atoms with Crippen LogP contribution < -0.4 is 0 Å². The lowest BCUT2D eigenvalue weighted by molar-refractivity contribution is 0.0639. The van der Waals surface area contributed by atoms with Gasteiger partial charge in [-0.1, -0.05) is 19.1 Å². The van der Waals surface area contributed by atoms with E-state index >= 15 is 0 Å². The van der Waals surface area contributed by atoms with Crippen LogP contribution in [0, 0.1) is 12.8 Å². The van der Waals surface area contributed by atoms with Crippen molar-refractivity contribution in [1.29, 1.82) is 0 Å². The Labute approximate surface area is 155 Å². The third-order valence-corrected chi connectivity index (χ3v) is 6.59. The number of benzene rings is 1. The highest BCUT2D eigenvalue weighted by Gasteiger charge is 2.41. The van der Waals surface area contributed by atoms with E-state index in [2.05, 4.69) is 41.9 Å². The molecule has 0 unspecified atom stereocenters. The molecule has 0 amide bonds. The van der Waals surface area contributed by atoms with E-state index in [0.717, 1.165) is 38.6 Å². The predicted octanol–water partition coefficient (Wildman–Crippen LogP) is 3.19. The number of rotatable bonds is 5. The zero-order valence-electron chi connectivity index (χ0n) is 15.8. The van der Waals surface area contributed by atoms with Gasteiger partial charge in [-0.15, -0.1) is 0 Å². The standard InChI is InChI=1S/C20H28N2O3S/c1-4-8-22-11-14(12-25-26(3,23)24)9-17-15-6-5-7-18-20(15)16(10-19(17)22)13(2)21-18/h5-7,14,17,19,21H,4,8-12H2,1-3H3/t14-,17-,19-/m1/s1. The molecule has 5 nitrogen and oxygen atoms in total. The summed E-state index contributed by atoms with van der Waals surface area (Å²) in [7, 11) is -3.39. The molecule has 2 heterocycles. The minimum atomic E-state index is -3.39. The van der Waals surface area contributed by atoms with Crippen LogP contribution in [0.2, 0.25) is 0 Å². The van der Waals surface area contributed by atoms with Gasteiger partial charge < -0.3 is 4.98 Å². The van der Waals surface area contributed by atoms with Gasteiger partial charge in [0, 0.05) is 35.1 Å². The van der Waals surface area contributed by atoms with E-state index in [1.165, 1.54) is 27.7 Å². The quantitative estimate of drug-likeness (QED) is 0.814. The first-order valence-corrected chi connectivity index (χ1v) is 11.4. The molecule has 4 rings (SSSR count). The molecule has 142 valence electrons. The normalized spacial score (nSPS) is 26.2. The molecule has 1 aromatic carbocycles. The smallest absolute Gasteiger partial charge is 0.264 e. The van der Waals surface area contributed by atoms with Gasteiger partial charge in [0.25, 0.3) is 10.1 Å². The fourth-order valence-electron chi connectivity index (χ4n) is 5.05. The molecule has 1 fully saturated rings. The van der Waals surface area contributed by atoms with Crippen molar-refractivity contribution in [3.8, 4) is 0 Å². The second kappa shape index (κ2) is 6.66. The van der Waals surface area contributed by atoms with Crippen LogP contribution in [-0.4, -0.2) is 50.3 Å². The van der Waals surface area contributed by atoms with Crippen LogP contribution in [0.15, 0.2) is 18.2 Å². The number of aromatic amines is 1. The number of nitrogens with zero attached hydrogens (tertiary/aromatic N) is 1. The van der Waals surface area contributed by atoms with Gasteiger partial charge in [-0.2, -0.15) is 8.42 Å². The van der Waals surface area contributed by atoms with Crippen molar-refractivity contribution in [2.75, 3.05) is 26.0 Å². The third-order valence-electron chi connectivity index (χ3n) is 6.03. The average molecular weight is 377 g/mol. The van der Waals surface area contributed by atoms with Crippen molar-refractivity contribution < 1.29 is 12.6 Å². The van der Waals surface area contributed by atoms with Gasteiger partial charge in [0.15, 0.2) is 0 Å². The summed E-state index contributed by atoms with van der Waals surface area (Å²) in [6.45, 7) is 6.64. The van der Waals surface area contributed by atoms with E-state index in [0.29, 0.717) is 12.0 Å². The molecule has 26 heavy (non-hydrogen) atoms. The Morgan fingerprint density at radius 1 is 1.35 bits per heavy atom. The lowest BCUT2D eigenvalue weighted by Gasteiger charge is -2.47. The van der Waals surface area contributed by atoms with Crippen LogP contribution in [0.3, 0.4) is 0 Å². The van der Waals surface area contributed by atoms with Gasteiger partial charge in [-0.05, 0) is 55.8 Å². The second-order valence-electron chi connectivity index (χ2n) is 7.96. The minimum absolute atomic E-state index is 0.245.